The largest absolute Gasteiger partial charge is 0.390 e. The molecule has 0 saturated carbocycles. The normalized spacial score (nSPS) is 27.1. The molecule has 0 radical (unpaired) electrons. The smallest absolute Gasteiger partial charge is 0.0637 e. The monoisotopic (exact) mass is 233 g/mol. The lowest BCUT2D eigenvalue weighted by Gasteiger charge is -2.43. The van der Waals surface area contributed by atoms with E-state index in [9.17, 15) is 5.11 Å². The number of hydrogen-bond donors (Lipinski definition) is 1. The van der Waals surface area contributed by atoms with Crippen LogP contribution in [0.3, 0.4) is 0 Å². The Hall–Kier alpha value is -0.860. The van der Waals surface area contributed by atoms with E-state index in [0.717, 1.165) is 19.5 Å². The number of nitrogens with zero attached hydrogens (tertiary/aromatic N) is 1. The second-order valence-electron chi connectivity index (χ2n) is 5.83. The summed E-state index contributed by atoms with van der Waals surface area (Å²) in [6.45, 7) is 5.97. The Labute approximate surface area is 104 Å². The Morgan fingerprint density at radius 2 is 1.88 bits per heavy atom. The van der Waals surface area contributed by atoms with Crippen LogP contribution in [0.1, 0.15) is 31.7 Å². The molecule has 0 amide bonds. The molecule has 1 aromatic rings. The average molecular weight is 233 g/mol. The molecule has 1 heterocycles. The maximum absolute atomic E-state index is 10.4. The summed E-state index contributed by atoms with van der Waals surface area (Å²) in [6, 6.07) is 10.6. The molecule has 2 nitrogen and oxygen atoms in total. The topological polar surface area (TPSA) is 23.5 Å². The Morgan fingerprint density at radius 3 is 2.47 bits per heavy atom. The Morgan fingerprint density at radius 1 is 1.24 bits per heavy atom. The van der Waals surface area contributed by atoms with Gasteiger partial charge in [-0.1, -0.05) is 30.3 Å². The molecular weight excluding hydrogens is 210 g/mol. The van der Waals surface area contributed by atoms with Crippen molar-refractivity contribution in [3.05, 3.63) is 35.9 Å². The third kappa shape index (κ3) is 2.88. The van der Waals surface area contributed by atoms with E-state index in [1.165, 1.54) is 5.56 Å². The molecule has 1 aliphatic rings. The summed E-state index contributed by atoms with van der Waals surface area (Å²) in [5, 5.41) is 10.4. The maximum Gasteiger partial charge on any atom is 0.0637 e. The maximum atomic E-state index is 10.4. The predicted molar refractivity (Wildman–Crippen MR) is 71.1 cm³/mol. The predicted octanol–water partition coefficient (Wildman–Crippen LogP) is 2.49. The van der Waals surface area contributed by atoms with E-state index >= 15 is 0 Å². The molecule has 0 bridgehead atoms. The van der Waals surface area contributed by atoms with Gasteiger partial charge in [0.15, 0.2) is 0 Å². The van der Waals surface area contributed by atoms with Gasteiger partial charge in [-0.25, -0.2) is 0 Å². The van der Waals surface area contributed by atoms with Gasteiger partial charge in [0.05, 0.1) is 5.60 Å². The highest BCUT2D eigenvalue weighted by Crippen LogP contribution is 2.38. The van der Waals surface area contributed by atoms with Crippen LogP contribution in [0.2, 0.25) is 0 Å². The summed E-state index contributed by atoms with van der Waals surface area (Å²) in [7, 11) is 2.14. The molecule has 2 heteroatoms. The van der Waals surface area contributed by atoms with Gasteiger partial charge in [-0.05, 0) is 45.3 Å². The van der Waals surface area contributed by atoms with Crippen molar-refractivity contribution in [3.8, 4) is 0 Å². The summed E-state index contributed by atoms with van der Waals surface area (Å²) < 4.78 is 0. The van der Waals surface area contributed by atoms with Gasteiger partial charge in [-0.15, -0.1) is 0 Å². The second-order valence-corrected chi connectivity index (χ2v) is 5.83. The Bertz CT molecular complexity index is 355. The highest BCUT2D eigenvalue weighted by atomic mass is 16.3. The van der Waals surface area contributed by atoms with Crippen molar-refractivity contribution in [1.29, 1.82) is 0 Å². The average Bonchev–Trinajstić information content (AvgIpc) is 2.29. The number of likely N-dealkylation sites (tertiary alicyclic amines) is 1. The van der Waals surface area contributed by atoms with E-state index in [-0.39, 0.29) is 0 Å². The highest BCUT2D eigenvalue weighted by molar-refractivity contribution is 5.22. The number of rotatable bonds is 2. The van der Waals surface area contributed by atoms with Crippen LogP contribution in [-0.4, -0.2) is 35.7 Å². The number of aliphatic hydroxyl groups is 1. The number of benzene rings is 1. The fraction of sp³-hybridized carbons (Fsp3) is 0.600. The van der Waals surface area contributed by atoms with Gasteiger partial charge >= 0.3 is 0 Å². The molecule has 2 rings (SSSR count). The summed E-state index contributed by atoms with van der Waals surface area (Å²) in [6.07, 6.45) is 1.13. The van der Waals surface area contributed by atoms with Crippen molar-refractivity contribution in [2.75, 3.05) is 20.1 Å². The summed E-state index contributed by atoms with van der Waals surface area (Å²) in [5.41, 5.74) is 0.752. The molecule has 1 aliphatic heterocycles. The van der Waals surface area contributed by atoms with Crippen LogP contribution < -0.4 is 0 Å². The van der Waals surface area contributed by atoms with Crippen molar-refractivity contribution in [1.82, 2.24) is 4.90 Å². The van der Waals surface area contributed by atoms with Crippen LogP contribution in [0.5, 0.6) is 0 Å². The molecule has 0 spiro atoms. The quantitative estimate of drug-likeness (QED) is 0.848. The zero-order valence-corrected chi connectivity index (χ0v) is 11.1. The van der Waals surface area contributed by atoms with E-state index in [1.54, 1.807) is 0 Å². The fourth-order valence-corrected chi connectivity index (χ4v) is 2.93. The van der Waals surface area contributed by atoms with Gasteiger partial charge in [0, 0.05) is 12.5 Å². The van der Waals surface area contributed by atoms with Gasteiger partial charge in [0.1, 0.15) is 0 Å². The Balaban J connectivity index is 2.25. The van der Waals surface area contributed by atoms with Crippen molar-refractivity contribution >= 4 is 0 Å². The summed E-state index contributed by atoms with van der Waals surface area (Å²) in [5.74, 6) is 0.788. The lowest BCUT2D eigenvalue weighted by atomic mass is 9.73. The fourth-order valence-electron chi connectivity index (χ4n) is 2.93. The standard InChI is InChI=1S/C15H23NO/c1-15(2,17)14-11-16(3)10-9-13(14)12-7-5-4-6-8-12/h4-8,13-14,17H,9-11H2,1-3H3/t13-,14+/m1/s1. The first-order valence-corrected chi connectivity index (χ1v) is 6.44. The molecular formula is C15H23NO. The lowest BCUT2D eigenvalue weighted by molar-refractivity contribution is -0.0248. The first kappa shape index (κ1) is 12.6. The number of piperidine rings is 1. The highest BCUT2D eigenvalue weighted by Gasteiger charge is 2.38. The molecule has 0 aliphatic carbocycles. The molecule has 1 saturated heterocycles. The minimum absolute atomic E-state index is 0.309. The molecule has 2 atom stereocenters. The van der Waals surface area contributed by atoms with Crippen LogP contribution in [-0.2, 0) is 0 Å². The third-order valence-electron chi connectivity index (χ3n) is 3.95. The molecule has 1 aromatic carbocycles. The molecule has 17 heavy (non-hydrogen) atoms. The van der Waals surface area contributed by atoms with Gasteiger partial charge < -0.3 is 10.0 Å². The first-order chi connectivity index (χ1) is 7.98. The summed E-state index contributed by atoms with van der Waals surface area (Å²) in [4.78, 5) is 2.32. The van der Waals surface area contributed by atoms with Crippen LogP contribution >= 0.6 is 0 Å². The zero-order chi connectivity index (χ0) is 12.5. The lowest BCUT2D eigenvalue weighted by Crippen LogP contribution is -2.47. The van der Waals surface area contributed by atoms with Crippen molar-refractivity contribution in [2.24, 2.45) is 5.92 Å². The van der Waals surface area contributed by atoms with E-state index in [1.807, 2.05) is 13.8 Å². The molecule has 1 N–H and O–H groups in total. The van der Waals surface area contributed by atoms with Crippen molar-refractivity contribution in [2.45, 2.75) is 31.8 Å². The van der Waals surface area contributed by atoms with E-state index in [0.29, 0.717) is 11.8 Å². The minimum Gasteiger partial charge on any atom is -0.390 e. The van der Waals surface area contributed by atoms with E-state index in [2.05, 4.69) is 42.3 Å². The minimum atomic E-state index is -0.616. The van der Waals surface area contributed by atoms with Gasteiger partial charge in [0.2, 0.25) is 0 Å². The summed E-state index contributed by atoms with van der Waals surface area (Å²) >= 11 is 0. The van der Waals surface area contributed by atoms with E-state index in [4.69, 9.17) is 0 Å². The van der Waals surface area contributed by atoms with Gasteiger partial charge in [-0.3, -0.25) is 0 Å². The number of hydrogen-bond acceptors (Lipinski definition) is 2. The Kier molecular flexibility index (Phi) is 3.55. The SMILES string of the molecule is CN1CC[C@H](c2ccccc2)[C@@H](C(C)(C)O)C1. The molecule has 0 unspecified atom stereocenters. The van der Waals surface area contributed by atoms with Crippen LogP contribution in [0.15, 0.2) is 30.3 Å². The molecule has 1 fully saturated rings. The van der Waals surface area contributed by atoms with Gasteiger partial charge in [0.25, 0.3) is 0 Å². The zero-order valence-electron chi connectivity index (χ0n) is 11.1. The van der Waals surface area contributed by atoms with Crippen LogP contribution in [0, 0.1) is 5.92 Å². The first-order valence-electron chi connectivity index (χ1n) is 6.44. The van der Waals surface area contributed by atoms with Crippen LogP contribution in [0.4, 0.5) is 0 Å². The second kappa shape index (κ2) is 4.79. The molecule has 0 aromatic heterocycles. The van der Waals surface area contributed by atoms with Crippen LogP contribution in [0.25, 0.3) is 0 Å². The van der Waals surface area contributed by atoms with E-state index < -0.39 is 5.60 Å². The molecule has 94 valence electrons. The van der Waals surface area contributed by atoms with Gasteiger partial charge in [-0.2, -0.15) is 0 Å². The van der Waals surface area contributed by atoms with Crippen molar-refractivity contribution < 1.29 is 5.11 Å². The third-order valence-corrected chi connectivity index (χ3v) is 3.95. The van der Waals surface area contributed by atoms with Crippen molar-refractivity contribution in [3.63, 3.8) is 0 Å².